The van der Waals surface area contributed by atoms with Crippen molar-refractivity contribution in [3.63, 3.8) is 0 Å². The summed E-state index contributed by atoms with van der Waals surface area (Å²) in [5.41, 5.74) is 2.73. The van der Waals surface area contributed by atoms with Crippen LogP contribution >= 0.6 is 0 Å². The minimum atomic E-state index is -3.16. The fourth-order valence-electron chi connectivity index (χ4n) is 1.96. The van der Waals surface area contributed by atoms with E-state index in [-0.39, 0.29) is 11.5 Å². The van der Waals surface area contributed by atoms with Gasteiger partial charge in [0.05, 0.1) is 18.6 Å². The van der Waals surface area contributed by atoms with Crippen molar-refractivity contribution in [1.82, 2.24) is 0 Å². The molecule has 0 aliphatic carbocycles. The van der Waals surface area contributed by atoms with Crippen LogP contribution < -0.4 is 4.74 Å². The van der Waals surface area contributed by atoms with Gasteiger partial charge in [0.25, 0.3) is 0 Å². The second-order valence-electron chi connectivity index (χ2n) is 4.87. The number of aryl methyl sites for hydroxylation is 1. The SMILES string of the molecule is COc1ccc(CS(=O)(=O)Cc2ccc(C)cc2)cc1. The Labute approximate surface area is 120 Å². The maximum atomic E-state index is 12.2. The molecule has 0 aromatic heterocycles. The Bertz CT molecular complexity index is 656. The van der Waals surface area contributed by atoms with Crippen LogP contribution in [0.3, 0.4) is 0 Å². The van der Waals surface area contributed by atoms with Crippen molar-refractivity contribution in [3.05, 3.63) is 65.2 Å². The van der Waals surface area contributed by atoms with E-state index in [4.69, 9.17) is 4.74 Å². The zero-order valence-electron chi connectivity index (χ0n) is 11.7. The van der Waals surface area contributed by atoms with E-state index in [0.29, 0.717) is 0 Å². The van der Waals surface area contributed by atoms with Gasteiger partial charge in [0, 0.05) is 0 Å². The summed E-state index contributed by atoms with van der Waals surface area (Å²) in [6.07, 6.45) is 0. The van der Waals surface area contributed by atoms with Gasteiger partial charge in [-0.15, -0.1) is 0 Å². The average molecular weight is 290 g/mol. The van der Waals surface area contributed by atoms with Gasteiger partial charge in [-0.3, -0.25) is 0 Å². The van der Waals surface area contributed by atoms with E-state index in [1.54, 1.807) is 31.4 Å². The molecule has 0 saturated carbocycles. The summed E-state index contributed by atoms with van der Waals surface area (Å²) in [6, 6.07) is 14.7. The number of benzene rings is 2. The molecule has 0 unspecified atom stereocenters. The molecule has 0 aliphatic rings. The minimum absolute atomic E-state index is 0.0465. The van der Waals surface area contributed by atoms with Crippen molar-refractivity contribution in [2.75, 3.05) is 7.11 Å². The molecule has 0 N–H and O–H groups in total. The van der Waals surface area contributed by atoms with Gasteiger partial charge in [-0.1, -0.05) is 42.0 Å². The van der Waals surface area contributed by atoms with E-state index >= 15 is 0 Å². The maximum Gasteiger partial charge on any atom is 0.158 e. The first-order valence-corrected chi connectivity index (χ1v) is 8.19. The van der Waals surface area contributed by atoms with Crippen molar-refractivity contribution < 1.29 is 13.2 Å². The van der Waals surface area contributed by atoms with E-state index in [0.717, 1.165) is 22.4 Å². The first-order chi connectivity index (χ1) is 9.48. The lowest BCUT2D eigenvalue weighted by Gasteiger charge is -2.06. The van der Waals surface area contributed by atoms with Gasteiger partial charge in [0.1, 0.15) is 5.75 Å². The Morgan fingerprint density at radius 2 is 1.30 bits per heavy atom. The van der Waals surface area contributed by atoms with Gasteiger partial charge in [0.2, 0.25) is 0 Å². The summed E-state index contributed by atoms with van der Waals surface area (Å²) in [5, 5.41) is 0. The van der Waals surface area contributed by atoms with Gasteiger partial charge < -0.3 is 4.74 Å². The molecular formula is C16H18O3S. The molecule has 4 heteroatoms. The van der Waals surface area contributed by atoms with E-state index in [1.165, 1.54) is 0 Å². The molecule has 2 aromatic rings. The van der Waals surface area contributed by atoms with Crippen LogP contribution in [0.2, 0.25) is 0 Å². The highest BCUT2D eigenvalue weighted by Gasteiger charge is 2.13. The van der Waals surface area contributed by atoms with Crippen molar-refractivity contribution >= 4 is 9.84 Å². The van der Waals surface area contributed by atoms with Crippen LogP contribution in [0.15, 0.2) is 48.5 Å². The predicted molar refractivity (Wildman–Crippen MR) is 80.5 cm³/mol. The fourth-order valence-corrected chi connectivity index (χ4v) is 3.47. The number of rotatable bonds is 5. The minimum Gasteiger partial charge on any atom is -0.497 e. The Balaban J connectivity index is 2.08. The van der Waals surface area contributed by atoms with E-state index in [9.17, 15) is 8.42 Å². The highest BCUT2D eigenvalue weighted by molar-refractivity contribution is 7.89. The third kappa shape index (κ3) is 4.10. The molecule has 106 valence electrons. The van der Waals surface area contributed by atoms with Crippen LogP contribution in [0.4, 0.5) is 0 Å². The highest BCUT2D eigenvalue weighted by atomic mass is 32.2. The van der Waals surface area contributed by atoms with Crippen LogP contribution in [0.25, 0.3) is 0 Å². The van der Waals surface area contributed by atoms with Crippen LogP contribution in [0, 0.1) is 6.92 Å². The molecule has 0 radical (unpaired) electrons. The summed E-state index contributed by atoms with van der Waals surface area (Å²) in [6.45, 7) is 1.98. The molecule has 0 saturated heterocycles. The average Bonchev–Trinajstić information content (AvgIpc) is 2.41. The summed E-state index contributed by atoms with van der Waals surface area (Å²) in [5.74, 6) is 0.842. The van der Waals surface area contributed by atoms with Crippen LogP contribution in [0.5, 0.6) is 5.75 Å². The van der Waals surface area contributed by atoms with Crippen LogP contribution in [-0.4, -0.2) is 15.5 Å². The number of methoxy groups -OCH3 is 1. The molecule has 0 fully saturated rings. The van der Waals surface area contributed by atoms with Gasteiger partial charge in [-0.25, -0.2) is 8.42 Å². The second-order valence-corrected chi connectivity index (χ2v) is 6.93. The Morgan fingerprint density at radius 3 is 1.75 bits per heavy atom. The number of ether oxygens (including phenoxy) is 1. The van der Waals surface area contributed by atoms with Crippen molar-refractivity contribution in [3.8, 4) is 5.75 Å². The molecule has 3 nitrogen and oxygen atoms in total. The zero-order chi connectivity index (χ0) is 14.6. The first kappa shape index (κ1) is 14.6. The molecule has 0 bridgehead atoms. The topological polar surface area (TPSA) is 43.4 Å². The highest BCUT2D eigenvalue weighted by Crippen LogP contribution is 2.16. The Hall–Kier alpha value is -1.81. The van der Waals surface area contributed by atoms with Crippen molar-refractivity contribution in [2.45, 2.75) is 18.4 Å². The molecule has 0 amide bonds. The number of hydrogen-bond acceptors (Lipinski definition) is 3. The Kier molecular flexibility index (Phi) is 4.45. The quantitative estimate of drug-likeness (QED) is 0.849. The number of hydrogen-bond donors (Lipinski definition) is 0. The van der Waals surface area contributed by atoms with Gasteiger partial charge in [-0.05, 0) is 30.2 Å². The maximum absolute atomic E-state index is 12.2. The lowest BCUT2D eigenvalue weighted by atomic mass is 10.2. The molecule has 0 heterocycles. The molecule has 0 aliphatic heterocycles. The standard InChI is InChI=1S/C16H18O3S/c1-13-3-5-14(6-4-13)11-20(17,18)12-15-7-9-16(19-2)10-8-15/h3-10H,11-12H2,1-2H3. The molecule has 0 atom stereocenters. The van der Waals surface area contributed by atoms with Crippen LogP contribution in [0.1, 0.15) is 16.7 Å². The largest absolute Gasteiger partial charge is 0.497 e. The molecule has 20 heavy (non-hydrogen) atoms. The predicted octanol–water partition coefficient (Wildman–Crippen LogP) is 3.12. The van der Waals surface area contributed by atoms with E-state index in [2.05, 4.69) is 0 Å². The third-order valence-corrected chi connectivity index (χ3v) is 4.60. The Morgan fingerprint density at radius 1 is 0.850 bits per heavy atom. The van der Waals surface area contributed by atoms with E-state index < -0.39 is 9.84 Å². The van der Waals surface area contributed by atoms with Gasteiger partial charge >= 0.3 is 0 Å². The smallest absolute Gasteiger partial charge is 0.158 e. The lowest BCUT2D eigenvalue weighted by Crippen LogP contribution is -2.07. The van der Waals surface area contributed by atoms with Gasteiger partial charge in [-0.2, -0.15) is 0 Å². The molecule has 2 aromatic carbocycles. The molecular weight excluding hydrogens is 272 g/mol. The number of sulfone groups is 1. The summed E-state index contributed by atoms with van der Waals surface area (Å²) >= 11 is 0. The molecule has 2 rings (SSSR count). The molecule has 0 spiro atoms. The lowest BCUT2D eigenvalue weighted by molar-refractivity contribution is 0.414. The zero-order valence-corrected chi connectivity index (χ0v) is 12.5. The van der Waals surface area contributed by atoms with Crippen LogP contribution in [-0.2, 0) is 21.3 Å². The second kappa shape index (κ2) is 6.09. The summed E-state index contributed by atoms with van der Waals surface area (Å²) in [4.78, 5) is 0. The third-order valence-electron chi connectivity index (χ3n) is 3.05. The van der Waals surface area contributed by atoms with E-state index in [1.807, 2.05) is 31.2 Å². The normalized spacial score (nSPS) is 11.3. The summed E-state index contributed by atoms with van der Waals surface area (Å²) in [7, 11) is -1.57. The van der Waals surface area contributed by atoms with Crippen molar-refractivity contribution in [2.24, 2.45) is 0 Å². The first-order valence-electron chi connectivity index (χ1n) is 6.37. The van der Waals surface area contributed by atoms with Crippen molar-refractivity contribution in [1.29, 1.82) is 0 Å². The fraction of sp³-hybridized carbons (Fsp3) is 0.250. The monoisotopic (exact) mass is 290 g/mol. The summed E-state index contributed by atoms with van der Waals surface area (Å²) < 4.78 is 29.4. The van der Waals surface area contributed by atoms with Gasteiger partial charge in [0.15, 0.2) is 9.84 Å².